The lowest BCUT2D eigenvalue weighted by atomic mass is 9.93. The molecule has 0 heterocycles. The van der Waals surface area contributed by atoms with E-state index in [4.69, 9.17) is 9.99 Å². The average molecular weight is 274 g/mol. The minimum absolute atomic E-state index is 0.288. The Kier molecular flexibility index (Phi) is 4.07. The quantitative estimate of drug-likeness (QED) is 0.467. The molecule has 1 rings (SSSR count). The normalized spacial score (nSPS) is 27.8. The summed E-state index contributed by atoms with van der Waals surface area (Å²) in [6, 6.07) is 0. The molecule has 0 bridgehead atoms. The number of ether oxygens (including phenoxy) is 1. The zero-order valence-corrected chi connectivity index (χ0v) is 12.9. The summed E-state index contributed by atoms with van der Waals surface area (Å²) in [5.74, 6) is -0.976. The lowest BCUT2D eigenvalue weighted by Gasteiger charge is -2.28. The summed E-state index contributed by atoms with van der Waals surface area (Å²) in [6.45, 7) is 12.4. The number of carbonyl (C=O) groups is 1. The lowest BCUT2D eigenvalue weighted by molar-refractivity contribution is -0.336. The standard InChI is InChI=1S/C14H26O5/c1-12(2,3)18-11(16)9-8(13(9,4)5)10(15)14(6,7)19-17/h8-10,15,17H,1-7H3. The third-order valence-electron chi connectivity index (χ3n) is 3.86. The molecule has 0 saturated heterocycles. The maximum atomic E-state index is 12.1. The smallest absolute Gasteiger partial charge is 0.310 e. The molecule has 1 aliphatic rings. The predicted octanol–water partition coefficient (Wildman–Crippen LogP) is 2.23. The topological polar surface area (TPSA) is 76.0 Å². The van der Waals surface area contributed by atoms with Crippen molar-refractivity contribution in [3.05, 3.63) is 0 Å². The van der Waals surface area contributed by atoms with Crippen molar-refractivity contribution in [2.24, 2.45) is 17.3 Å². The molecule has 0 amide bonds. The second kappa shape index (κ2) is 4.72. The van der Waals surface area contributed by atoms with Crippen LogP contribution in [0.4, 0.5) is 0 Å². The van der Waals surface area contributed by atoms with Gasteiger partial charge in [-0.3, -0.25) is 10.1 Å². The van der Waals surface area contributed by atoms with Crippen LogP contribution in [0.3, 0.4) is 0 Å². The number of carbonyl (C=O) groups excluding carboxylic acids is 1. The second-order valence-electron chi connectivity index (χ2n) is 7.50. The molecule has 0 aromatic carbocycles. The molecule has 5 nitrogen and oxygen atoms in total. The summed E-state index contributed by atoms with van der Waals surface area (Å²) in [4.78, 5) is 16.5. The van der Waals surface area contributed by atoms with Crippen molar-refractivity contribution in [2.75, 3.05) is 0 Å². The number of esters is 1. The molecule has 0 aliphatic heterocycles. The van der Waals surface area contributed by atoms with E-state index < -0.39 is 17.3 Å². The number of hydrogen-bond donors (Lipinski definition) is 2. The molecule has 5 heteroatoms. The molecule has 1 aliphatic carbocycles. The van der Waals surface area contributed by atoms with Gasteiger partial charge in [0.25, 0.3) is 0 Å². The molecule has 1 saturated carbocycles. The first-order valence-corrected chi connectivity index (χ1v) is 6.58. The SMILES string of the molecule is CC(C)(C)OC(=O)C1C(C(O)C(C)(C)OO)C1(C)C. The van der Waals surface area contributed by atoms with Gasteiger partial charge in [0.05, 0.1) is 12.0 Å². The molecule has 1 fully saturated rings. The summed E-state index contributed by atoms with van der Waals surface area (Å²) in [5.41, 5.74) is -2.02. The zero-order valence-electron chi connectivity index (χ0n) is 12.9. The lowest BCUT2D eigenvalue weighted by Crippen LogP contribution is -2.41. The Morgan fingerprint density at radius 1 is 1.21 bits per heavy atom. The van der Waals surface area contributed by atoms with Gasteiger partial charge in [0, 0.05) is 5.92 Å². The largest absolute Gasteiger partial charge is 0.460 e. The molecule has 3 atom stereocenters. The summed E-state index contributed by atoms with van der Waals surface area (Å²) < 4.78 is 5.37. The van der Waals surface area contributed by atoms with Gasteiger partial charge in [0.1, 0.15) is 11.2 Å². The Bertz CT molecular complexity index is 353. The van der Waals surface area contributed by atoms with Crippen LogP contribution in [0.15, 0.2) is 0 Å². The highest BCUT2D eigenvalue weighted by molar-refractivity contribution is 5.78. The van der Waals surface area contributed by atoms with Gasteiger partial charge >= 0.3 is 5.97 Å². The molecule has 0 radical (unpaired) electrons. The molecule has 19 heavy (non-hydrogen) atoms. The van der Waals surface area contributed by atoms with Crippen LogP contribution in [-0.4, -0.2) is 33.6 Å². The van der Waals surface area contributed by atoms with E-state index in [1.165, 1.54) is 0 Å². The van der Waals surface area contributed by atoms with Crippen LogP contribution in [0.1, 0.15) is 48.5 Å². The van der Waals surface area contributed by atoms with Crippen LogP contribution in [0.5, 0.6) is 0 Å². The molecule has 0 aromatic rings. The number of aliphatic hydroxyl groups excluding tert-OH is 1. The van der Waals surface area contributed by atoms with Crippen LogP contribution in [0.2, 0.25) is 0 Å². The van der Waals surface area contributed by atoms with Gasteiger partial charge in [-0.2, -0.15) is 0 Å². The minimum atomic E-state index is -1.11. The van der Waals surface area contributed by atoms with Crippen molar-refractivity contribution >= 4 is 5.97 Å². The first kappa shape index (κ1) is 16.4. The van der Waals surface area contributed by atoms with Gasteiger partial charge in [0.2, 0.25) is 0 Å². The molecule has 0 spiro atoms. The Labute approximate surface area is 114 Å². The third-order valence-corrected chi connectivity index (χ3v) is 3.86. The second-order valence-corrected chi connectivity index (χ2v) is 7.50. The van der Waals surface area contributed by atoms with E-state index in [2.05, 4.69) is 4.89 Å². The van der Waals surface area contributed by atoms with Crippen molar-refractivity contribution in [1.29, 1.82) is 0 Å². The highest BCUT2D eigenvalue weighted by Gasteiger charge is 2.68. The van der Waals surface area contributed by atoms with E-state index in [9.17, 15) is 9.90 Å². The van der Waals surface area contributed by atoms with E-state index in [-0.39, 0.29) is 23.2 Å². The molecular formula is C14H26O5. The van der Waals surface area contributed by atoms with E-state index in [1.54, 1.807) is 13.8 Å². The predicted molar refractivity (Wildman–Crippen MR) is 70.4 cm³/mol. The number of rotatable bonds is 4. The third kappa shape index (κ3) is 3.27. The van der Waals surface area contributed by atoms with Gasteiger partial charge in [-0.25, -0.2) is 4.89 Å². The van der Waals surface area contributed by atoms with Crippen LogP contribution < -0.4 is 0 Å². The summed E-state index contributed by atoms with van der Waals surface area (Å²) in [5, 5.41) is 19.1. The van der Waals surface area contributed by atoms with Crippen LogP contribution in [0, 0.1) is 17.3 Å². The molecular weight excluding hydrogens is 248 g/mol. The van der Waals surface area contributed by atoms with E-state index in [1.807, 2.05) is 34.6 Å². The van der Waals surface area contributed by atoms with Gasteiger partial charge in [-0.05, 0) is 40.0 Å². The van der Waals surface area contributed by atoms with Gasteiger partial charge in [-0.1, -0.05) is 13.8 Å². The van der Waals surface area contributed by atoms with Crippen molar-refractivity contribution in [3.8, 4) is 0 Å². The molecule has 112 valence electrons. The van der Waals surface area contributed by atoms with E-state index in [0.717, 1.165) is 0 Å². The van der Waals surface area contributed by atoms with Crippen molar-refractivity contribution in [3.63, 3.8) is 0 Å². The fourth-order valence-corrected chi connectivity index (χ4v) is 2.57. The molecule has 3 unspecified atom stereocenters. The Morgan fingerprint density at radius 3 is 2.05 bits per heavy atom. The zero-order chi connectivity index (χ0) is 15.2. The van der Waals surface area contributed by atoms with Gasteiger partial charge in [0.15, 0.2) is 0 Å². The maximum Gasteiger partial charge on any atom is 0.310 e. The van der Waals surface area contributed by atoms with Crippen molar-refractivity contribution in [2.45, 2.75) is 65.8 Å². The number of aliphatic hydroxyl groups is 1. The average Bonchev–Trinajstić information content (AvgIpc) is 2.77. The monoisotopic (exact) mass is 274 g/mol. The van der Waals surface area contributed by atoms with E-state index >= 15 is 0 Å². The van der Waals surface area contributed by atoms with Gasteiger partial charge < -0.3 is 9.84 Å². The molecule has 0 aromatic heterocycles. The van der Waals surface area contributed by atoms with Crippen molar-refractivity contribution in [1.82, 2.24) is 0 Å². The first-order chi connectivity index (χ1) is 8.34. The maximum absolute atomic E-state index is 12.1. The summed E-state index contributed by atoms with van der Waals surface area (Å²) in [6.07, 6.45) is -0.940. The fraction of sp³-hybridized carbons (Fsp3) is 0.929. The highest BCUT2D eigenvalue weighted by Crippen LogP contribution is 2.62. The van der Waals surface area contributed by atoms with Crippen LogP contribution in [0.25, 0.3) is 0 Å². The summed E-state index contributed by atoms with van der Waals surface area (Å²) in [7, 11) is 0. The fourth-order valence-electron chi connectivity index (χ4n) is 2.57. The Morgan fingerprint density at radius 2 is 1.68 bits per heavy atom. The van der Waals surface area contributed by atoms with Crippen LogP contribution >= 0.6 is 0 Å². The van der Waals surface area contributed by atoms with E-state index in [0.29, 0.717) is 0 Å². The van der Waals surface area contributed by atoms with Crippen molar-refractivity contribution < 1.29 is 24.8 Å². The molecule has 2 N–H and O–H groups in total. The minimum Gasteiger partial charge on any atom is -0.460 e. The van der Waals surface area contributed by atoms with Gasteiger partial charge in [-0.15, -0.1) is 0 Å². The Hall–Kier alpha value is -0.650. The first-order valence-electron chi connectivity index (χ1n) is 6.58. The number of hydrogen-bond acceptors (Lipinski definition) is 5. The van der Waals surface area contributed by atoms with Crippen LogP contribution in [-0.2, 0) is 14.4 Å². The Balaban J connectivity index is 2.81. The summed E-state index contributed by atoms with van der Waals surface area (Å²) >= 11 is 0. The highest BCUT2D eigenvalue weighted by atomic mass is 17.1.